The third-order valence-corrected chi connectivity index (χ3v) is 4.53. The Hall–Kier alpha value is -2.10. The van der Waals surface area contributed by atoms with Gasteiger partial charge in [-0.2, -0.15) is 4.98 Å². The molecule has 8 heteroatoms. The third-order valence-electron chi connectivity index (χ3n) is 4.53. The summed E-state index contributed by atoms with van der Waals surface area (Å²) in [6.07, 6.45) is 0.913. The maximum atomic E-state index is 5.33. The highest BCUT2D eigenvalue weighted by molar-refractivity contribution is 14.0. The second kappa shape index (κ2) is 10.1. The van der Waals surface area contributed by atoms with E-state index >= 15 is 0 Å². The maximum Gasteiger partial charge on any atom is 0.232 e. The number of guanidine groups is 1. The quantitative estimate of drug-likeness (QED) is 0.264. The van der Waals surface area contributed by atoms with Crippen LogP contribution in [0, 0.1) is 6.92 Å². The first-order chi connectivity index (χ1) is 13.4. The summed E-state index contributed by atoms with van der Waals surface area (Å²) in [5.41, 5.74) is 3.58. The maximum absolute atomic E-state index is 5.33. The van der Waals surface area contributed by atoms with E-state index in [2.05, 4.69) is 61.9 Å². The molecule has 0 radical (unpaired) electrons. The number of fused-ring (bicyclic) bond motifs is 1. The van der Waals surface area contributed by atoms with Crippen LogP contribution in [-0.4, -0.2) is 34.2 Å². The number of hydrogen-bond acceptors (Lipinski definition) is 4. The van der Waals surface area contributed by atoms with Gasteiger partial charge in [-0.3, -0.25) is 0 Å². The van der Waals surface area contributed by atoms with Crippen LogP contribution < -0.4 is 10.6 Å². The first-order valence-corrected chi connectivity index (χ1v) is 9.80. The SMILES string of the molecule is CCNC(=NCc1noc(C(C)(C)C)n1)NCCc1c(C)[nH]c2ccccc12.I. The zero-order valence-electron chi connectivity index (χ0n) is 17.8. The van der Waals surface area contributed by atoms with E-state index < -0.39 is 0 Å². The number of aromatic amines is 1. The first-order valence-electron chi connectivity index (χ1n) is 9.80. The molecule has 0 bridgehead atoms. The van der Waals surface area contributed by atoms with Crippen LogP contribution in [0.4, 0.5) is 0 Å². The van der Waals surface area contributed by atoms with E-state index in [-0.39, 0.29) is 29.4 Å². The molecule has 0 fully saturated rings. The molecule has 158 valence electrons. The number of benzene rings is 1. The van der Waals surface area contributed by atoms with Crippen molar-refractivity contribution in [2.75, 3.05) is 13.1 Å². The van der Waals surface area contributed by atoms with Gasteiger partial charge in [-0.15, -0.1) is 24.0 Å². The predicted octanol–water partition coefficient (Wildman–Crippen LogP) is 4.07. The Kier molecular flexibility index (Phi) is 8.06. The Balaban J connectivity index is 0.00000300. The molecule has 0 aliphatic heterocycles. The van der Waals surface area contributed by atoms with E-state index in [9.17, 15) is 0 Å². The zero-order chi connectivity index (χ0) is 20.1. The normalized spacial score (nSPS) is 12.1. The Labute approximate surface area is 189 Å². The van der Waals surface area contributed by atoms with Crippen LogP contribution in [0.5, 0.6) is 0 Å². The minimum absolute atomic E-state index is 0. The van der Waals surface area contributed by atoms with Crippen molar-refractivity contribution < 1.29 is 4.52 Å². The van der Waals surface area contributed by atoms with Crippen molar-refractivity contribution in [3.8, 4) is 0 Å². The van der Waals surface area contributed by atoms with Crippen molar-refractivity contribution in [1.82, 2.24) is 25.8 Å². The number of aromatic nitrogens is 3. The van der Waals surface area contributed by atoms with Crippen LogP contribution >= 0.6 is 24.0 Å². The highest BCUT2D eigenvalue weighted by Crippen LogP contribution is 2.22. The molecule has 0 saturated heterocycles. The number of aryl methyl sites for hydroxylation is 1. The second-order valence-electron chi connectivity index (χ2n) is 7.91. The van der Waals surface area contributed by atoms with Crippen LogP contribution in [-0.2, 0) is 18.4 Å². The molecule has 0 aliphatic carbocycles. The minimum Gasteiger partial charge on any atom is -0.358 e. The highest BCUT2D eigenvalue weighted by Gasteiger charge is 2.21. The molecule has 0 amide bonds. The van der Waals surface area contributed by atoms with Gasteiger partial charge in [-0.05, 0) is 31.9 Å². The van der Waals surface area contributed by atoms with E-state index in [1.165, 1.54) is 22.2 Å². The average Bonchev–Trinajstić information content (AvgIpc) is 3.24. The Morgan fingerprint density at radius 3 is 2.66 bits per heavy atom. The molecular weight excluding hydrogens is 479 g/mol. The summed E-state index contributed by atoms with van der Waals surface area (Å²) in [4.78, 5) is 12.5. The number of H-pyrrole nitrogens is 1. The molecule has 0 atom stereocenters. The Bertz CT molecular complexity index is 954. The van der Waals surface area contributed by atoms with Gasteiger partial charge in [-0.1, -0.05) is 44.1 Å². The number of rotatable bonds is 6. The van der Waals surface area contributed by atoms with Gasteiger partial charge < -0.3 is 20.1 Å². The van der Waals surface area contributed by atoms with Gasteiger partial charge in [0.15, 0.2) is 11.8 Å². The van der Waals surface area contributed by atoms with Gasteiger partial charge in [0, 0.05) is 35.1 Å². The van der Waals surface area contributed by atoms with Gasteiger partial charge >= 0.3 is 0 Å². The minimum atomic E-state index is -0.158. The van der Waals surface area contributed by atoms with Crippen LogP contribution in [0.1, 0.15) is 50.7 Å². The van der Waals surface area contributed by atoms with Crippen molar-refractivity contribution in [3.05, 3.63) is 47.2 Å². The van der Waals surface area contributed by atoms with Crippen LogP contribution in [0.25, 0.3) is 10.9 Å². The van der Waals surface area contributed by atoms with Gasteiger partial charge in [-0.25, -0.2) is 4.99 Å². The Morgan fingerprint density at radius 2 is 1.97 bits per heavy atom. The molecule has 2 aromatic heterocycles. The van der Waals surface area contributed by atoms with E-state index in [1.54, 1.807) is 0 Å². The molecule has 0 saturated carbocycles. The summed E-state index contributed by atoms with van der Waals surface area (Å²) < 4.78 is 5.33. The smallest absolute Gasteiger partial charge is 0.232 e. The molecule has 0 aliphatic rings. The lowest BCUT2D eigenvalue weighted by molar-refractivity contribution is 0.318. The fourth-order valence-corrected chi connectivity index (χ4v) is 3.08. The van der Waals surface area contributed by atoms with Gasteiger partial charge in [0.1, 0.15) is 6.54 Å². The second-order valence-corrected chi connectivity index (χ2v) is 7.91. The monoisotopic (exact) mass is 510 g/mol. The highest BCUT2D eigenvalue weighted by atomic mass is 127. The molecule has 3 rings (SSSR count). The number of aliphatic imine (C=N–C) groups is 1. The molecule has 29 heavy (non-hydrogen) atoms. The summed E-state index contributed by atoms with van der Waals surface area (Å²) in [6, 6.07) is 8.41. The van der Waals surface area contributed by atoms with Crippen molar-refractivity contribution >= 4 is 40.8 Å². The standard InChI is InChI=1S/C21H30N6O.HI/c1-6-22-20(24-13-18-26-19(28-27-18)21(3,4)5)23-12-11-15-14(2)25-17-10-8-7-9-16(15)17;/h7-10,25H,6,11-13H2,1-5H3,(H2,22,23,24);1H. The van der Waals surface area contributed by atoms with Crippen molar-refractivity contribution in [3.63, 3.8) is 0 Å². The van der Waals surface area contributed by atoms with Crippen LogP contribution in [0.2, 0.25) is 0 Å². The van der Waals surface area contributed by atoms with E-state index in [0.717, 1.165) is 25.5 Å². The number of halogens is 1. The van der Waals surface area contributed by atoms with Crippen molar-refractivity contribution in [1.29, 1.82) is 0 Å². The average molecular weight is 510 g/mol. The van der Waals surface area contributed by atoms with Gasteiger partial charge in [0.2, 0.25) is 5.89 Å². The number of hydrogen-bond donors (Lipinski definition) is 3. The van der Waals surface area contributed by atoms with Crippen molar-refractivity contribution in [2.24, 2.45) is 4.99 Å². The molecule has 2 heterocycles. The molecule has 3 aromatic rings. The summed E-state index contributed by atoms with van der Waals surface area (Å²) in [6.45, 7) is 12.3. The lowest BCUT2D eigenvalue weighted by Gasteiger charge is -2.11. The summed E-state index contributed by atoms with van der Waals surface area (Å²) in [5, 5.41) is 12.0. The summed E-state index contributed by atoms with van der Waals surface area (Å²) in [5.74, 6) is 1.97. The third kappa shape index (κ3) is 5.94. The summed E-state index contributed by atoms with van der Waals surface area (Å²) >= 11 is 0. The van der Waals surface area contributed by atoms with Crippen molar-refractivity contribution in [2.45, 2.75) is 53.0 Å². The fourth-order valence-electron chi connectivity index (χ4n) is 3.08. The summed E-state index contributed by atoms with van der Waals surface area (Å²) in [7, 11) is 0. The number of para-hydroxylation sites is 1. The molecule has 0 spiro atoms. The topological polar surface area (TPSA) is 91.1 Å². The molecule has 3 N–H and O–H groups in total. The molecule has 7 nitrogen and oxygen atoms in total. The number of nitrogens with zero attached hydrogens (tertiary/aromatic N) is 3. The van der Waals surface area contributed by atoms with Crippen LogP contribution in [0.3, 0.4) is 0 Å². The molecule has 0 unspecified atom stereocenters. The Morgan fingerprint density at radius 1 is 1.21 bits per heavy atom. The lowest BCUT2D eigenvalue weighted by Crippen LogP contribution is -2.38. The fraction of sp³-hybridized carbons (Fsp3) is 0.476. The van der Waals surface area contributed by atoms with Crippen LogP contribution in [0.15, 0.2) is 33.8 Å². The lowest BCUT2D eigenvalue weighted by atomic mass is 9.97. The zero-order valence-corrected chi connectivity index (χ0v) is 20.1. The number of nitrogens with one attached hydrogen (secondary N) is 3. The largest absolute Gasteiger partial charge is 0.358 e. The van der Waals surface area contributed by atoms with Gasteiger partial charge in [0.25, 0.3) is 0 Å². The molecule has 1 aromatic carbocycles. The van der Waals surface area contributed by atoms with E-state index in [0.29, 0.717) is 18.3 Å². The first kappa shape index (κ1) is 23.2. The van der Waals surface area contributed by atoms with E-state index in [4.69, 9.17) is 4.52 Å². The van der Waals surface area contributed by atoms with Gasteiger partial charge in [0.05, 0.1) is 0 Å². The predicted molar refractivity (Wildman–Crippen MR) is 128 cm³/mol. The molecular formula is C21H31IN6O. The van der Waals surface area contributed by atoms with E-state index in [1.807, 2.05) is 27.7 Å².